The van der Waals surface area contributed by atoms with Gasteiger partial charge in [0.05, 0.1) is 18.8 Å². The Hall–Kier alpha value is -0.160. The molecule has 0 heterocycles. The highest BCUT2D eigenvalue weighted by Gasteiger charge is 2.22. The Labute approximate surface area is 79.2 Å². The van der Waals surface area contributed by atoms with Gasteiger partial charge in [-0.3, -0.25) is 0 Å². The van der Waals surface area contributed by atoms with E-state index in [1.165, 1.54) is 6.92 Å². The lowest BCUT2D eigenvalue weighted by molar-refractivity contribution is -0.207. The van der Waals surface area contributed by atoms with E-state index < -0.39 is 18.0 Å². The summed E-state index contributed by atoms with van der Waals surface area (Å²) in [6.07, 6.45) is -0.369. The third kappa shape index (κ3) is 8.18. The lowest BCUT2D eigenvalue weighted by Gasteiger charge is -2.25. The monoisotopic (exact) mass is 192 g/mol. The van der Waals surface area contributed by atoms with Gasteiger partial charge in [-0.1, -0.05) is 0 Å². The molecule has 0 rings (SSSR count). The van der Waals surface area contributed by atoms with Crippen LogP contribution in [0.5, 0.6) is 0 Å². The van der Waals surface area contributed by atoms with Crippen molar-refractivity contribution in [1.82, 2.24) is 0 Å². The van der Waals surface area contributed by atoms with Gasteiger partial charge in [-0.25, -0.2) is 0 Å². The Morgan fingerprint density at radius 1 is 1.23 bits per heavy atom. The molecule has 13 heavy (non-hydrogen) atoms. The second kappa shape index (κ2) is 5.54. The van der Waals surface area contributed by atoms with E-state index >= 15 is 0 Å². The van der Waals surface area contributed by atoms with Crippen LogP contribution in [0.1, 0.15) is 33.6 Å². The molecule has 0 aromatic heterocycles. The molecule has 0 aliphatic heterocycles. The molecule has 3 atom stereocenters. The highest BCUT2D eigenvalue weighted by molar-refractivity contribution is 4.64. The van der Waals surface area contributed by atoms with Crippen molar-refractivity contribution in [2.45, 2.75) is 51.6 Å². The molecule has 0 aromatic rings. The summed E-state index contributed by atoms with van der Waals surface area (Å²) in [4.78, 5) is 0. The van der Waals surface area contributed by atoms with Gasteiger partial charge in [0.2, 0.25) is 0 Å². The molecule has 1 unspecified atom stereocenters. The summed E-state index contributed by atoms with van der Waals surface area (Å²) < 4.78 is 5.09. The molecule has 0 saturated carbocycles. The minimum atomic E-state index is -1.30. The summed E-state index contributed by atoms with van der Waals surface area (Å²) in [6, 6.07) is 0. The highest BCUT2D eigenvalue weighted by atomic mass is 16.6. The van der Waals surface area contributed by atoms with E-state index in [1.807, 2.05) is 0 Å². The van der Waals surface area contributed by atoms with Crippen LogP contribution in [0.15, 0.2) is 0 Å². The van der Waals surface area contributed by atoms with Crippen LogP contribution >= 0.6 is 0 Å². The largest absolute Gasteiger partial charge is 0.393 e. The van der Waals surface area contributed by atoms with E-state index in [2.05, 4.69) is 0 Å². The van der Waals surface area contributed by atoms with E-state index in [4.69, 9.17) is 14.9 Å². The van der Waals surface area contributed by atoms with Crippen molar-refractivity contribution in [3.63, 3.8) is 0 Å². The number of hydrogen-bond donors (Lipinski definition) is 3. The molecule has 0 fully saturated rings. The molecule has 0 amide bonds. The Kier molecular flexibility index (Phi) is 5.48. The van der Waals surface area contributed by atoms with Crippen molar-refractivity contribution in [3.8, 4) is 0 Å². The van der Waals surface area contributed by atoms with E-state index in [9.17, 15) is 5.11 Å². The molecule has 0 radical (unpaired) electrons. The maximum absolute atomic E-state index is 9.53. The minimum Gasteiger partial charge on any atom is -0.393 e. The summed E-state index contributed by atoms with van der Waals surface area (Å²) in [5, 5.41) is 27.5. The molecule has 4 nitrogen and oxygen atoms in total. The van der Waals surface area contributed by atoms with Crippen LogP contribution in [-0.2, 0) is 4.74 Å². The predicted molar refractivity (Wildman–Crippen MR) is 49.2 cm³/mol. The summed E-state index contributed by atoms with van der Waals surface area (Å²) >= 11 is 0. The number of hydrogen-bond acceptors (Lipinski definition) is 4. The Morgan fingerprint density at radius 2 is 1.77 bits per heavy atom. The third-order valence-electron chi connectivity index (χ3n) is 1.62. The van der Waals surface area contributed by atoms with Crippen molar-refractivity contribution in [2.24, 2.45) is 0 Å². The molecule has 0 spiro atoms. The molecule has 0 saturated heterocycles. The van der Waals surface area contributed by atoms with Crippen LogP contribution in [0, 0.1) is 0 Å². The SMILES string of the molecule is C[C@@H](O)CCOC(C)(O)C[C@@H](C)O. The van der Waals surface area contributed by atoms with E-state index in [0.717, 1.165) is 0 Å². The first kappa shape index (κ1) is 12.8. The van der Waals surface area contributed by atoms with Gasteiger partial charge in [0.15, 0.2) is 5.79 Å². The fraction of sp³-hybridized carbons (Fsp3) is 1.00. The van der Waals surface area contributed by atoms with E-state index in [1.54, 1.807) is 13.8 Å². The summed E-state index contributed by atoms with van der Waals surface area (Å²) in [6.45, 7) is 5.04. The molecular formula is C9H20O4. The van der Waals surface area contributed by atoms with Crippen LogP contribution in [0.2, 0.25) is 0 Å². The van der Waals surface area contributed by atoms with E-state index in [0.29, 0.717) is 6.42 Å². The zero-order chi connectivity index (χ0) is 10.5. The van der Waals surface area contributed by atoms with Gasteiger partial charge in [0.25, 0.3) is 0 Å². The van der Waals surface area contributed by atoms with Crippen LogP contribution < -0.4 is 0 Å². The first-order valence-electron chi connectivity index (χ1n) is 4.56. The fourth-order valence-corrected chi connectivity index (χ4v) is 1.06. The topological polar surface area (TPSA) is 69.9 Å². The number of rotatable bonds is 6. The van der Waals surface area contributed by atoms with Gasteiger partial charge in [-0.15, -0.1) is 0 Å². The highest BCUT2D eigenvalue weighted by Crippen LogP contribution is 2.14. The summed E-state index contributed by atoms with van der Waals surface area (Å²) in [7, 11) is 0. The van der Waals surface area contributed by atoms with Gasteiger partial charge >= 0.3 is 0 Å². The summed E-state index contributed by atoms with van der Waals surface area (Å²) in [5.41, 5.74) is 0. The van der Waals surface area contributed by atoms with Crippen molar-refractivity contribution in [2.75, 3.05) is 6.61 Å². The number of aliphatic hydroxyl groups excluding tert-OH is 2. The smallest absolute Gasteiger partial charge is 0.165 e. The predicted octanol–water partition coefficient (Wildman–Crippen LogP) is 0.253. The zero-order valence-corrected chi connectivity index (χ0v) is 8.53. The maximum Gasteiger partial charge on any atom is 0.165 e. The second-order valence-electron chi connectivity index (χ2n) is 3.71. The van der Waals surface area contributed by atoms with Gasteiger partial charge in [-0.05, 0) is 27.2 Å². The third-order valence-corrected chi connectivity index (χ3v) is 1.62. The lowest BCUT2D eigenvalue weighted by Crippen LogP contribution is -2.33. The first-order valence-corrected chi connectivity index (χ1v) is 4.56. The molecule has 0 bridgehead atoms. The molecule has 0 aliphatic rings. The Bertz CT molecular complexity index is 132. The minimum absolute atomic E-state index is 0.173. The molecular weight excluding hydrogens is 172 g/mol. The Morgan fingerprint density at radius 3 is 2.15 bits per heavy atom. The van der Waals surface area contributed by atoms with E-state index in [-0.39, 0.29) is 13.0 Å². The fourth-order valence-electron chi connectivity index (χ4n) is 1.06. The molecule has 0 aliphatic carbocycles. The van der Waals surface area contributed by atoms with Crippen LogP contribution in [0.4, 0.5) is 0 Å². The van der Waals surface area contributed by atoms with Gasteiger partial charge in [-0.2, -0.15) is 0 Å². The number of ether oxygens (including phenoxy) is 1. The van der Waals surface area contributed by atoms with Crippen molar-refractivity contribution in [3.05, 3.63) is 0 Å². The van der Waals surface area contributed by atoms with Crippen LogP contribution in [0.3, 0.4) is 0 Å². The lowest BCUT2D eigenvalue weighted by atomic mass is 10.1. The second-order valence-corrected chi connectivity index (χ2v) is 3.71. The number of aliphatic hydroxyl groups is 3. The normalized spacial score (nSPS) is 20.8. The Balaban J connectivity index is 3.62. The standard InChI is InChI=1S/C9H20O4/c1-7(10)4-5-13-9(3,12)6-8(2)11/h7-8,10-12H,4-6H2,1-3H3/t7-,8-,9?/m1/s1. The van der Waals surface area contributed by atoms with Crippen molar-refractivity contribution >= 4 is 0 Å². The van der Waals surface area contributed by atoms with Gasteiger partial charge in [0.1, 0.15) is 0 Å². The zero-order valence-electron chi connectivity index (χ0n) is 8.53. The average molecular weight is 192 g/mol. The van der Waals surface area contributed by atoms with Gasteiger partial charge in [0, 0.05) is 6.42 Å². The molecule has 3 N–H and O–H groups in total. The molecule has 80 valence electrons. The van der Waals surface area contributed by atoms with Crippen molar-refractivity contribution < 1.29 is 20.1 Å². The molecule has 4 heteroatoms. The molecule has 0 aromatic carbocycles. The average Bonchev–Trinajstić information content (AvgIpc) is 1.81. The first-order chi connectivity index (χ1) is 5.83. The maximum atomic E-state index is 9.53. The summed E-state index contributed by atoms with van der Waals surface area (Å²) in [5.74, 6) is -1.30. The van der Waals surface area contributed by atoms with Crippen LogP contribution in [-0.4, -0.2) is 39.9 Å². The van der Waals surface area contributed by atoms with Gasteiger partial charge < -0.3 is 20.1 Å². The van der Waals surface area contributed by atoms with Crippen molar-refractivity contribution in [1.29, 1.82) is 0 Å². The van der Waals surface area contributed by atoms with Crippen LogP contribution in [0.25, 0.3) is 0 Å². The quantitative estimate of drug-likeness (QED) is 0.528.